The smallest absolute Gasteiger partial charge is 0.548 e. The number of aliphatic hydroxyl groups excluding tert-OH is 1. The van der Waals surface area contributed by atoms with Gasteiger partial charge in [0.15, 0.2) is 0 Å². The molecule has 0 amide bonds. The van der Waals surface area contributed by atoms with Crippen LogP contribution in [-0.2, 0) is 19.9 Å². The zero-order valence-corrected chi connectivity index (χ0v) is 26.3. The summed E-state index contributed by atoms with van der Waals surface area (Å²) >= 11 is 0. The molecule has 0 saturated carbocycles. The van der Waals surface area contributed by atoms with Crippen LogP contribution in [0.25, 0.3) is 0 Å². The third-order valence-corrected chi connectivity index (χ3v) is 7.77. The van der Waals surface area contributed by atoms with Crippen LogP contribution in [0.4, 0.5) is 0 Å². The molecule has 0 aliphatic heterocycles. The molecule has 3 rings (SSSR count). The van der Waals surface area contributed by atoms with Crippen molar-refractivity contribution in [3.05, 3.63) is 95.6 Å². The van der Waals surface area contributed by atoms with Gasteiger partial charge in [0.05, 0.1) is 33.4 Å². The SMILES string of the molecule is COc1ccc(C(OCCN(CCO)C(CCCCCCCC=O)C(=O)[O-])(c2ccccc2)c2ccc(OC)cc2)cc1.[Li+]. The number of aldehydes is 1. The number of carboxylic acids is 1. The third kappa shape index (κ3) is 10.2. The first-order valence-corrected chi connectivity index (χ1v) is 15.0. The van der Waals surface area contributed by atoms with E-state index in [0.717, 1.165) is 60.2 Å². The van der Waals surface area contributed by atoms with E-state index >= 15 is 0 Å². The first-order valence-electron chi connectivity index (χ1n) is 15.0. The maximum Gasteiger partial charge on any atom is 1.00 e. The van der Waals surface area contributed by atoms with Crippen LogP contribution in [0.15, 0.2) is 78.9 Å². The summed E-state index contributed by atoms with van der Waals surface area (Å²) in [7, 11) is 3.24. The van der Waals surface area contributed by atoms with E-state index in [1.807, 2.05) is 78.9 Å². The molecule has 1 N–H and O–H groups in total. The fraction of sp³-hybridized carbons (Fsp3) is 0.429. The van der Waals surface area contributed by atoms with Crippen molar-refractivity contribution in [3.8, 4) is 11.5 Å². The standard InChI is InChI=1S/C35H45NO7.Li/c1-41-31-19-15-29(16-20-31)35(28-12-8-7-9-13-28,30-17-21-32(42-2)22-18-30)43-27-24-36(23-26-38)33(34(39)40)14-10-5-3-4-6-11-25-37;/h7-9,12-13,15-22,25,33,38H,3-6,10-11,14,23-24,26-27H2,1-2H3,(H,39,40);/q;+1/p-1. The zero-order chi connectivity index (χ0) is 30.9. The van der Waals surface area contributed by atoms with Crippen LogP contribution in [0.5, 0.6) is 11.5 Å². The molecule has 232 valence electrons. The Hall–Kier alpha value is -3.12. The summed E-state index contributed by atoms with van der Waals surface area (Å²) in [6.07, 6.45) is 6.23. The number of nitrogens with zero attached hydrogens (tertiary/aromatic N) is 1. The van der Waals surface area contributed by atoms with Crippen molar-refractivity contribution < 1.29 is 52.9 Å². The number of carbonyl (C=O) groups excluding carboxylic acids is 2. The number of carboxylic acid groups (broad SMARTS) is 1. The average molecular weight is 598 g/mol. The molecule has 0 spiro atoms. The van der Waals surface area contributed by atoms with Crippen LogP contribution in [-0.4, -0.2) is 68.8 Å². The Labute approximate surface area is 273 Å². The Bertz CT molecular complexity index is 1170. The monoisotopic (exact) mass is 597 g/mol. The van der Waals surface area contributed by atoms with Crippen molar-refractivity contribution in [3.63, 3.8) is 0 Å². The number of rotatable bonds is 21. The summed E-state index contributed by atoms with van der Waals surface area (Å²) in [6.45, 7) is 0.461. The Morgan fingerprint density at radius 3 is 1.84 bits per heavy atom. The van der Waals surface area contributed by atoms with E-state index in [9.17, 15) is 19.8 Å². The van der Waals surface area contributed by atoms with Crippen molar-refractivity contribution in [2.45, 2.75) is 56.6 Å². The van der Waals surface area contributed by atoms with Gasteiger partial charge in [0.2, 0.25) is 0 Å². The number of benzene rings is 3. The molecule has 1 unspecified atom stereocenters. The van der Waals surface area contributed by atoms with Gasteiger partial charge in [-0.2, -0.15) is 0 Å². The Morgan fingerprint density at radius 1 is 0.818 bits per heavy atom. The fourth-order valence-electron chi connectivity index (χ4n) is 5.49. The molecule has 3 aromatic rings. The molecule has 8 nitrogen and oxygen atoms in total. The van der Waals surface area contributed by atoms with Crippen LogP contribution in [0.1, 0.15) is 61.6 Å². The number of unbranched alkanes of at least 4 members (excludes halogenated alkanes) is 5. The topological polar surface area (TPSA) is 108 Å². The number of hydrogen-bond acceptors (Lipinski definition) is 8. The second-order valence-corrected chi connectivity index (χ2v) is 10.5. The molecular weight excluding hydrogens is 553 g/mol. The predicted molar refractivity (Wildman–Crippen MR) is 164 cm³/mol. The van der Waals surface area contributed by atoms with Gasteiger partial charge in [-0.1, -0.05) is 80.3 Å². The maximum absolute atomic E-state index is 12.2. The minimum Gasteiger partial charge on any atom is -0.548 e. The number of methoxy groups -OCH3 is 2. The molecule has 0 fully saturated rings. The quantitative estimate of drug-likeness (QED) is 0.0849. The summed E-state index contributed by atoms with van der Waals surface area (Å²) in [4.78, 5) is 24.5. The zero-order valence-electron chi connectivity index (χ0n) is 26.3. The molecule has 44 heavy (non-hydrogen) atoms. The second kappa shape index (κ2) is 20.0. The average Bonchev–Trinajstić information content (AvgIpc) is 3.04. The molecule has 1 atom stereocenters. The van der Waals surface area contributed by atoms with Gasteiger partial charge in [-0.05, 0) is 53.8 Å². The normalized spacial score (nSPS) is 11.9. The Morgan fingerprint density at radius 2 is 1.34 bits per heavy atom. The van der Waals surface area contributed by atoms with Crippen molar-refractivity contribution in [1.29, 1.82) is 0 Å². The first kappa shape index (κ1) is 37.1. The Balaban J connectivity index is 0.00000675. The molecule has 0 saturated heterocycles. The minimum atomic E-state index is -1.16. The first-order chi connectivity index (χ1) is 21.0. The van der Waals surface area contributed by atoms with E-state index < -0.39 is 17.6 Å². The van der Waals surface area contributed by atoms with Crippen LogP contribution in [0, 0.1) is 0 Å². The van der Waals surface area contributed by atoms with Crippen molar-refractivity contribution in [1.82, 2.24) is 4.90 Å². The van der Waals surface area contributed by atoms with Crippen molar-refractivity contribution >= 4 is 12.3 Å². The van der Waals surface area contributed by atoms with Gasteiger partial charge in [0.25, 0.3) is 0 Å². The molecular formula is C35H44LiNO7. The van der Waals surface area contributed by atoms with Crippen molar-refractivity contribution in [2.24, 2.45) is 0 Å². The van der Waals surface area contributed by atoms with Gasteiger partial charge in [-0.15, -0.1) is 0 Å². The van der Waals surface area contributed by atoms with Crippen LogP contribution in [0.3, 0.4) is 0 Å². The summed E-state index contributed by atoms with van der Waals surface area (Å²) in [5.74, 6) is 0.277. The molecule has 0 aliphatic carbocycles. The maximum atomic E-state index is 12.2. The van der Waals surface area contributed by atoms with Gasteiger partial charge >= 0.3 is 18.9 Å². The molecule has 0 heterocycles. The van der Waals surface area contributed by atoms with Crippen molar-refractivity contribution in [2.75, 3.05) is 40.5 Å². The summed E-state index contributed by atoms with van der Waals surface area (Å²) in [5.41, 5.74) is 1.64. The van der Waals surface area contributed by atoms with Gasteiger partial charge < -0.3 is 34.0 Å². The number of ether oxygens (including phenoxy) is 3. The van der Waals surface area contributed by atoms with Gasteiger partial charge in [-0.25, -0.2) is 0 Å². The number of carbonyl (C=O) groups is 2. The second-order valence-electron chi connectivity index (χ2n) is 10.5. The predicted octanol–water partition coefficient (Wildman–Crippen LogP) is 1.36. The third-order valence-electron chi connectivity index (χ3n) is 7.77. The Kier molecular flexibility index (Phi) is 16.9. The molecule has 0 bridgehead atoms. The summed E-state index contributed by atoms with van der Waals surface area (Å²) in [5, 5.41) is 22.0. The summed E-state index contributed by atoms with van der Waals surface area (Å²) < 4.78 is 17.7. The van der Waals surface area contributed by atoms with Crippen LogP contribution >= 0.6 is 0 Å². The summed E-state index contributed by atoms with van der Waals surface area (Å²) in [6, 6.07) is 24.5. The van der Waals surface area contributed by atoms with E-state index in [1.165, 1.54) is 0 Å². The van der Waals surface area contributed by atoms with Gasteiger partial charge in [-0.3, -0.25) is 4.90 Å². The fourth-order valence-corrected chi connectivity index (χ4v) is 5.49. The number of hydrogen-bond donors (Lipinski definition) is 1. The number of aliphatic hydroxyl groups is 1. The van der Waals surface area contributed by atoms with Crippen LogP contribution < -0.4 is 33.4 Å². The van der Waals surface area contributed by atoms with E-state index in [-0.39, 0.29) is 45.2 Å². The van der Waals surface area contributed by atoms with E-state index in [0.29, 0.717) is 19.3 Å². The van der Waals surface area contributed by atoms with Gasteiger partial charge in [0.1, 0.15) is 23.4 Å². The number of aliphatic carboxylic acids is 1. The van der Waals surface area contributed by atoms with E-state index in [4.69, 9.17) is 14.2 Å². The minimum absolute atomic E-state index is 0. The molecule has 0 radical (unpaired) electrons. The molecule has 0 aliphatic rings. The van der Waals surface area contributed by atoms with Crippen LogP contribution in [0.2, 0.25) is 0 Å². The van der Waals surface area contributed by atoms with E-state index in [1.54, 1.807) is 19.1 Å². The molecule has 3 aromatic carbocycles. The van der Waals surface area contributed by atoms with E-state index in [2.05, 4.69) is 0 Å². The van der Waals surface area contributed by atoms with Gasteiger partial charge in [0, 0.05) is 25.6 Å². The molecule has 9 heteroatoms. The molecule has 0 aromatic heterocycles. The largest absolute Gasteiger partial charge is 1.00 e.